The lowest BCUT2D eigenvalue weighted by atomic mass is 9.93. The SMILES string of the molecule is CCC(CC(=O)OC)c1c[nH]c2ccccc12. The zero-order valence-corrected chi connectivity index (χ0v) is 10.2. The van der Waals surface area contributed by atoms with Crippen molar-refractivity contribution < 1.29 is 9.53 Å². The molecule has 3 heteroatoms. The molecular weight excluding hydrogens is 214 g/mol. The van der Waals surface area contributed by atoms with Crippen LogP contribution in [0.4, 0.5) is 0 Å². The van der Waals surface area contributed by atoms with E-state index >= 15 is 0 Å². The van der Waals surface area contributed by atoms with Gasteiger partial charge in [-0.2, -0.15) is 0 Å². The summed E-state index contributed by atoms with van der Waals surface area (Å²) in [7, 11) is 1.43. The molecule has 1 unspecified atom stereocenters. The van der Waals surface area contributed by atoms with Crippen LogP contribution in [0.15, 0.2) is 30.5 Å². The molecule has 2 aromatic rings. The molecule has 1 aromatic heterocycles. The van der Waals surface area contributed by atoms with Crippen LogP contribution in [0, 0.1) is 0 Å². The number of esters is 1. The minimum Gasteiger partial charge on any atom is -0.469 e. The second-order valence-electron chi connectivity index (χ2n) is 4.18. The minimum atomic E-state index is -0.151. The number of nitrogens with one attached hydrogen (secondary N) is 1. The van der Waals surface area contributed by atoms with Crippen LogP contribution >= 0.6 is 0 Å². The molecule has 0 aliphatic rings. The van der Waals surface area contributed by atoms with Crippen LogP contribution in [0.2, 0.25) is 0 Å². The predicted octanol–water partition coefficient (Wildman–Crippen LogP) is 3.22. The summed E-state index contributed by atoms with van der Waals surface area (Å²) >= 11 is 0. The molecule has 1 N–H and O–H groups in total. The van der Waals surface area contributed by atoms with E-state index in [-0.39, 0.29) is 11.9 Å². The van der Waals surface area contributed by atoms with Crippen molar-refractivity contribution in [3.63, 3.8) is 0 Å². The number of aromatic amines is 1. The maximum absolute atomic E-state index is 11.4. The van der Waals surface area contributed by atoms with E-state index in [0.717, 1.165) is 11.9 Å². The molecule has 0 amide bonds. The van der Waals surface area contributed by atoms with Crippen molar-refractivity contribution in [3.8, 4) is 0 Å². The van der Waals surface area contributed by atoms with E-state index in [9.17, 15) is 4.79 Å². The van der Waals surface area contributed by atoms with Gasteiger partial charge < -0.3 is 9.72 Å². The van der Waals surface area contributed by atoms with Gasteiger partial charge in [0, 0.05) is 17.1 Å². The van der Waals surface area contributed by atoms with Gasteiger partial charge in [0.2, 0.25) is 0 Å². The fourth-order valence-corrected chi connectivity index (χ4v) is 2.19. The molecule has 0 spiro atoms. The highest BCUT2D eigenvalue weighted by atomic mass is 16.5. The molecule has 0 radical (unpaired) electrons. The van der Waals surface area contributed by atoms with Crippen LogP contribution in [-0.2, 0) is 9.53 Å². The van der Waals surface area contributed by atoms with E-state index < -0.39 is 0 Å². The van der Waals surface area contributed by atoms with Crippen LogP contribution in [0.25, 0.3) is 10.9 Å². The lowest BCUT2D eigenvalue weighted by molar-refractivity contribution is -0.141. The summed E-state index contributed by atoms with van der Waals surface area (Å²) < 4.78 is 4.74. The molecule has 0 saturated heterocycles. The number of carbonyl (C=O) groups excluding carboxylic acids is 1. The summed E-state index contributed by atoms with van der Waals surface area (Å²) in [5.74, 6) is 0.0701. The second kappa shape index (κ2) is 5.04. The van der Waals surface area contributed by atoms with Crippen molar-refractivity contribution in [1.29, 1.82) is 0 Å². The Morgan fingerprint density at radius 3 is 2.88 bits per heavy atom. The average Bonchev–Trinajstić information content (AvgIpc) is 2.79. The van der Waals surface area contributed by atoms with Crippen molar-refractivity contribution in [1.82, 2.24) is 4.98 Å². The number of H-pyrrole nitrogens is 1. The molecule has 0 bridgehead atoms. The number of hydrogen-bond donors (Lipinski definition) is 1. The zero-order valence-electron chi connectivity index (χ0n) is 10.2. The Labute approximate surface area is 101 Å². The Bertz CT molecular complexity index is 516. The third kappa shape index (κ3) is 2.33. The monoisotopic (exact) mass is 231 g/mol. The number of benzene rings is 1. The number of ether oxygens (including phenoxy) is 1. The van der Waals surface area contributed by atoms with E-state index in [1.165, 1.54) is 18.1 Å². The van der Waals surface area contributed by atoms with Crippen molar-refractivity contribution in [2.75, 3.05) is 7.11 Å². The standard InChI is InChI=1S/C14H17NO2/c1-3-10(8-14(16)17-2)12-9-15-13-7-5-4-6-11(12)13/h4-7,9-10,15H,3,8H2,1-2H3. The molecule has 1 heterocycles. The molecule has 2 rings (SSSR count). The van der Waals surface area contributed by atoms with E-state index in [1.54, 1.807) is 0 Å². The van der Waals surface area contributed by atoms with E-state index in [1.807, 2.05) is 24.4 Å². The fourth-order valence-electron chi connectivity index (χ4n) is 2.19. The van der Waals surface area contributed by atoms with Gasteiger partial charge in [-0.1, -0.05) is 25.1 Å². The maximum Gasteiger partial charge on any atom is 0.306 e. The predicted molar refractivity (Wildman–Crippen MR) is 68.0 cm³/mol. The molecule has 17 heavy (non-hydrogen) atoms. The molecule has 0 saturated carbocycles. The number of para-hydroxylation sites is 1. The molecule has 1 aromatic carbocycles. The molecule has 3 nitrogen and oxygen atoms in total. The molecule has 0 fully saturated rings. The normalized spacial score (nSPS) is 12.6. The first-order valence-corrected chi connectivity index (χ1v) is 5.89. The Morgan fingerprint density at radius 1 is 1.41 bits per heavy atom. The fraction of sp³-hybridized carbons (Fsp3) is 0.357. The van der Waals surface area contributed by atoms with Crippen molar-refractivity contribution in [3.05, 3.63) is 36.0 Å². The van der Waals surface area contributed by atoms with Gasteiger partial charge in [0.05, 0.1) is 13.5 Å². The topological polar surface area (TPSA) is 42.1 Å². The summed E-state index contributed by atoms with van der Waals surface area (Å²) in [5, 5.41) is 1.20. The number of carbonyl (C=O) groups is 1. The third-order valence-corrected chi connectivity index (χ3v) is 3.19. The lowest BCUT2D eigenvalue weighted by Gasteiger charge is -2.12. The Balaban J connectivity index is 2.33. The van der Waals surface area contributed by atoms with Crippen molar-refractivity contribution >= 4 is 16.9 Å². The highest BCUT2D eigenvalue weighted by Gasteiger charge is 2.17. The smallest absolute Gasteiger partial charge is 0.306 e. The summed E-state index contributed by atoms with van der Waals surface area (Å²) in [6.45, 7) is 2.09. The maximum atomic E-state index is 11.4. The van der Waals surface area contributed by atoms with Gasteiger partial charge in [-0.15, -0.1) is 0 Å². The van der Waals surface area contributed by atoms with Gasteiger partial charge in [0.1, 0.15) is 0 Å². The van der Waals surface area contributed by atoms with Crippen molar-refractivity contribution in [2.24, 2.45) is 0 Å². The molecule has 90 valence electrons. The lowest BCUT2D eigenvalue weighted by Crippen LogP contribution is -2.07. The first-order chi connectivity index (χ1) is 8.26. The molecular formula is C14H17NO2. The van der Waals surface area contributed by atoms with Crippen LogP contribution < -0.4 is 0 Å². The Hall–Kier alpha value is -1.77. The number of methoxy groups -OCH3 is 1. The highest BCUT2D eigenvalue weighted by molar-refractivity contribution is 5.84. The van der Waals surface area contributed by atoms with Gasteiger partial charge in [-0.05, 0) is 24.0 Å². The summed E-state index contributed by atoms with van der Waals surface area (Å²) in [5.41, 5.74) is 2.32. The van der Waals surface area contributed by atoms with Gasteiger partial charge in [0.25, 0.3) is 0 Å². The van der Waals surface area contributed by atoms with E-state index in [2.05, 4.69) is 18.0 Å². The number of hydrogen-bond acceptors (Lipinski definition) is 2. The Kier molecular flexibility index (Phi) is 3.47. The number of aromatic nitrogens is 1. The highest BCUT2D eigenvalue weighted by Crippen LogP contribution is 2.30. The third-order valence-electron chi connectivity index (χ3n) is 3.19. The second-order valence-corrected chi connectivity index (χ2v) is 4.18. The molecule has 0 aliphatic heterocycles. The van der Waals surface area contributed by atoms with Crippen molar-refractivity contribution in [2.45, 2.75) is 25.7 Å². The number of rotatable bonds is 4. The summed E-state index contributed by atoms with van der Waals surface area (Å²) in [4.78, 5) is 14.6. The Morgan fingerprint density at radius 2 is 2.18 bits per heavy atom. The summed E-state index contributed by atoms with van der Waals surface area (Å²) in [6, 6.07) is 8.15. The largest absolute Gasteiger partial charge is 0.469 e. The van der Waals surface area contributed by atoms with Gasteiger partial charge in [-0.25, -0.2) is 0 Å². The van der Waals surface area contributed by atoms with Crippen LogP contribution in [-0.4, -0.2) is 18.1 Å². The first kappa shape index (κ1) is 11.7. The summed E-state index contributed by atoms with van der Waals surface area (Å²) in [6.07, 6.45) is 3.37. The van der Waals surface area contributed by atoms with Gasteiger partial charge in [0.15, 0.2) is 0 Å². The minimum absolute atomic E-state index is 0.151. The molecule has 1 atom stereocenters. The van der Waals surface area contributed by atoms with Gasteiger partial charge in [-0.3, -0.25) is 4.79 Å². The quantitative estimate of drug-likeness (QED) is 0.821. The first-order valence-electron chi connectivity index (χ1n) is 5.89. The van der Waals surface area contributed by atoms with Crippen LogP contribution in [0.5, 0.6) is 0 Å². The van der Waals surface area contributed by atoms with Crippen LogP contribution in [0.3, 0.4) is 0 Å². The van der Waals surface area contributed by atoms with Gasteiger partial charge >= 0.3 is 5.97 Å². The average molecular weight is 231 g/mol. The van der Waals surface area contributed by atoms with Crippen LogP contribution in [0.1, 0.15) is 31.2 Å². The van der Waals surface area contributed by atoms with E-state index in [0.29, 0.717) is 6.42 Å². The van der Waals surface area contributed by atoms with E-state index in [4.69, 9.17) is 4.74 Å². The number of fused-ring (bicyclic) bond motifs is 1. The zero-order chi connectivity index (χ0) is 12.3. The molecule has 0 aliphatic carbocycles.